The molecule has 0 saturated carbocycles. The average molecular weight is 515 g/mol. The third kappa shape index (κ3) is 7.47. The van der Waals surface area contributed by atoms with Crippen molar-refractivity contribution in [3.63, 3.8) is 0 Å². The van der Waals surface area contributed by atoms with Crippen LogP contribution in [0.5, 0.6) is 5.75 Å². The van der Waals surface area contributed by atoms with Crippen LogP contribution in [0.25, 0.3) is 21.7 Å². The Hall–Kier alpha value is -4.04. The number of non-ortho nitro benzene ring substituents is 1. The summed E-state index contributed by atoms with van der Waals surface area (Å²) in [6.07, 6.45) is 7.82. The fraction of sp³-hybridized carbons (Fsp3) is 0.241. The number of hydrogen-bond acceptors (Lipinski definition) is 7. The molecule has 0 aliphatic carbocycles. The maximum Gasteiger partial charge on any atom is 0.269 e. The molecule has 0 radical (unpaired) electrons. The summed E-state index contributed by atoms with van der Waals surface area (Å²) in [6, 6.07) is 24.2. The van der Waals surface area contributed by atoms with Gasteiger partial charge < -0.3 is 4.74 Å². The maximum atomic E-state index is 11.0. The van der Waals surface area contributed by atoms with Gasteiger partial charge in [0.25, 0.3) is 5.69 Å². The fourth-order valence-corrected chi connectivity index (χ4v) is 4.74. The zero-order valence-corrected chi connectivity index (χ0v) is 21.6. The number of ether oxygens (including phenoxy) is 1. The van der Waals surface area contributed by atoms with Gasteiger partial charge in [-0.05, 0) is 53.9 Å². The summed E-state index contributed by atoms with van der Waals surface area (Å²) in [5.41, 5.74) is 6.66. The lowest BCUT2D eigenvalue weighted by Crippen LogP contribution is -1.97. The van der Waals surface area contributed by atoms with Crippen molar-refractivity contribution >= 4 is 28.4 Å². The van der Waals surface area contributed by atoms with E-state index in [0.29, 0.717) is 5.13 Å². The Kier molecular flexibility index (Phi) is 9.37. The molecule has 0 unspecified atom stereocenters. The Morgan fingerprint density at radius 2 is 1.68 bits per heavy atom. The molecule has 0 spiro atoms. The van der Waals surface area contributed by atoms with Crippen LogP contribution >= 0.6 is 11.3 Å². The van der Waals surface area contributed by atoms with E-state index in [1.807, 2.05) is 54.6 Å². The van der Waals surface area contributed by atoms with Crippen molar-refractivity contribution in [1.29, 1.82) is 0 Å². The second-order valence-electron chi connectivity index (χ2n) is 8.57. The summed E-state index contributed by atoms with van der Waals surface area (Å²) in [5.74, 6) is 0.862. The molecule has 37 heavy (non-hydrogen) atoms. The van der Waals surface area contributed by atoms with Gasteiger partial charge in [0.2, 0.25) is 5.13 Å². The maximum absolute atomic E-state index is 11.0. The van der Waals surface area contributed by atoms with E-state index in [0.717, 1.165) is 46.0 Å². The molecule has 4 aromatic rings. The van der Waals surface area contributed by atoms with Crippen LogP contribution in [0, 0.1) is 10.1 Å². The lowest BCUT2D eigenvalue weighted by Gasteiger charge is -2.06. The van der Waals surface area contributed by atoms with Crippen LogP contribution in [0.1, 0.15) is 44.6 Å². The van der Waals surface area contributed by atoms with Crippen molar-refractivity contribution in [2.75, 3.05) is 12.0 Å². The molecule has 7 nitrogen and oxygen atoms in total. The zero-order chi connectivity index (χ0) is 25.9. The Labute approximate surface area is 221 Å². The first-order chi connectivity index (χ1) is 18.1. The number of hydrogen-bond donors (Lipinski definition) is 1. The van der Waals surface area contributed by atoms with Gasteiger partial charge >= 0.3 is 0 Å². The van der Waals surface area contributed by atoms with Gasteiger partial charge in [-0.15, -0.1) is 0 Å². The molecule has 1 N–H and O–H groups in total. The summed E-state index contributed by atoms with van der Waals surface area (Å²) < 4.78 is 5.83. The Balaban J connectivity index is 1.42. The third-order valence-corrected chi connectivity index (χ3v) is 6.79. The minimum absolute atomic E-state index is 0.0564. The molecule has 0 aliphatic heterocycles. The normalized spacial score (nSPS) is 11.1. The quantitative estimate of drug-likeness (QED) is 0.0841. The van der Waals surface area contributed by atoms with E-state index >= 15 is 0 Å². The summed E-state index contributed by atoms with van der Waals surface area (Å²) >= 11 is 1.45. The average Bonchev–Trinajstić information content (AvgIpc) is 3.36. The molecular formula is C29H30N4O3S. The second kappa shape index (κ2) is 13.3. The third-order valence-electron chi connectivity index (χ3n) is 5.79. The van der Waals surface area contributed by atoms with E-state index in [9.17, 15) is 10.1 Å². The van der Waals surface area contributed by atoms with Gasteiger partial charge in [0, 0.05) is 17.7 Å². The fourth-order valence-electron chi connectivity index (χ4n) is 3.80. The molecule has 0 atom stereocenters. The van der Waals surface area contributed by atoms with Crippen LogP contribution in [-0.4, -0.2) is 22.7 Å². The molecule has 190 valence electrons. The number of thiazole rings is 1. The minimum Gasteiger partial charge on any atom is -0.494 e. The zero-order valence-electron chi connectivity index (χ0n) is 20.8. The highest BCUT2D eigenvalue weighted by molar-refractivity contribution is 7.19. The molecule has 4 rings (SSSR count). The molecule has 1 heterocycles. The van der Waals surface area contributed by atoms with Crippen LogP contribution in [-0.2, 0) is 0 Å². The van der Waals surface area contributed by atoms with Crippen LogP contribution in [0.4, 0.5) is 10.8 Å². The largest absolute Gasteiger partial charge is 0.494 e. The first kappa shape index (κ1) is 26.0. The predicted molar refractivity (Wildman–Crippen MR) is 152 cm³/mol. The molecule has 0 saturated heterocycles. The Morgan fingerprint density at radius 1 is 0.946 bits per heavy atom. The summed E-state index contributed by atoms with van der Waals surface area (Å²) in [5, 5.41) is 16.0. The van der Waals surface area contributed by atoms with Crippen molar-refractivity contribution in [3.05, 3.63) is 94.5 Å². The number of rotatable bonds is 13. The van der Waals surface area contributed by atoms with Gasteiger partial charge in [-0.25, -0.2) is 4.98 Å². The van der Waals surface area contributed by atoms with Crippen molar-refractivity contribution in [2.24, 2.45) is 5.10 Å². The van der Waals surface area contributed by atoms with Crippen LogP contribution in [0.3, 0.4) is 0 Å². The number of nitro benzene ring substituents is 1. The predicted octanol–water partition coefficient (Wildman–Crippen LogP) is 8.18. The lowest BCUT2D eigenvalue weighted by atomic mass is 10.1. The van der Waals surface area contributed by atoms with E-state index in [4.69, 9.17) is 9.72 Å². The molecule has 0 fully saturated rings. The number of benzene rings is 3. The first-order valence-electron chi connectivity index (χ1n) is 12.5. The highest BCUT2D eigenvalue weighted by Gasteiger charge is 2.16. The standard InChI is InChI=1S/C29H30N4O3S/c1-2-3-4-5-9-20-36-26-18-12-22(13-19-26)21-30-32-29-31-27(23-10-7-6-8-11-23)28(37-29)24-14-16-25(17-15-24)33(34)35/h6-8,10-19,21H,2-5,9,20H2,1H3,(H,31,32)/b30-21-. The van der Waals surface area contributed by atoms with E-state index in [2.05, 4.69) is 17.5 Å². The van der Waals surface area contributed by atoms with Gasteiger partial charge in [-0.3, -0.25) is 15.5 Å². The number of anilines is 1. The molecule has 0 bridgehead atoms. The van der Waals surface area contributed by atoms with E-state index in [1.165, 1.54) is 49.2 Å². The topological polar surface area (TPSA) is 89.7 Å². The number of nitro groups is 1. The van der Waals surface area contributed by atoms with E-state index in [-0.39, 0.29) is 5.69 Å². The van der Waals surface area contributed by atoms with Gasteiger partial charge in [0.1, 0.15) is 5.75 Å². The number of unbranched alkanes of at least 4 members (excludes halogenated alkanes) is 4. The highest BCUT2D eigenvalue weighted by atomic mass is 32.1. The molecule has 8 heteroatoms. The van der Waals surface area contributed by atoms with Gasteiger partial charge in [-0.2, -0.15) is 5.10 Å². The summed E-state index contributed by atoms with van der Waals surface area (Å²) in [4.78, 5) is 16.3. The monoisotopic (exact) mass is 514 g/mol. The smallest absolute Gasteiger partial charge is 0.269 e. The highest BCUT2D eigenvalue weighted by Crippen LogP contribution is 2.39. The minimum atomic E-state index is -0.399. The van der Waals surface area contributed by atoms with Crippen LogP contribution in [0.2, 0.25) is 0 Å². The Bertz CT molecular complexity index is 1300. The van der Waals surface area contributed by atoms with Gasteiger partial charge in [0.05, 0.1) is 28.3 Å². The number of aromatic nitrogens is 1. The van der Waals surface area contributed by atoms with Gasteiger partial charge in [-0.1, -0.05) is 74.3 Å². The van der Waals surface area contributed by atoms with Gasteiger partial charge in [0.15, 0.2) is 0 Å². The SMILES string of the molecule is CCCCCCCOc1ccc(/C=N\Nc2nc(-c3ccccc3)c(-c3ccc([N+](=O)[O-])cc3)s2)cc1. The second-order valence-corrected chi connectivity index (χ2v) is 9.57. The molecule has 3 aromatic carbocycles. The first-order valence-corrected chi connectivity index (χ1v) is 13.3. The van der Waals surface area contributed by atoms with Crippen LogP contribution in [0.15, 0.2) is 84.0 Å². The number of hydrazone groups is 1. The Morgan fingerprint density at radius 3 is 2.38 bits per heavy atom. The van der Waals surface area contributed by atoms with E-state index < -0.39 is 4.92 Å². The molecule has 1 aromatic heterocycles. The van der Waals surface area contributed by atoms with E-state index in [1.54, 1.807) is 18.3 Å². The van der Waals surface area contributed by atoms with Crippen molar-refractivity contribution in [3.8, 4) is 27.4 Å². The van der Waals surface area contributed by atoms with Crippen molar-refractivity contribution in [1.82, 2.24) is 4.98 Å². The number of nitrogens with zero attached hydrogens (tertiary/aromatic N) is 3. The summed E-state index contributed by atoms with van der Waals surface area (Å²) in [6.45, 7) is 2.96. The summed E-state index contributed by atoms with van der Waals surface area (Å²) in [7, 11) is 0. The number of nitrogens with one attached hydrogen (secondary N) is 1. The lowest BCUT2D eigenvalue weighted by molar-refractivity contribution is -0.384. The van der Waals surface area contributed by atoms with Crippen molar-refractivity contribution in [2.45, 2.75) is 39.0 Å². The molecule has 0 amide bonds. The molecular weight excluding hydrogens is 484 g/mol. The van der Waals surface area contributed by atoms with Crippen molar-refractivity contribution < 1.29 is 9.66 Å². The molecule has 0 aliphatic rings. The van der Waals surface area contributed by atoms with Crippen LogP contribution < -0.4 is 10.2 Å².